The molecule has 88 valence electrons. The molecule has 1 N–H and O–H groups in total. The molecule has 0 radical (unpaired) electrons. The highest BCUT2D eigenvalue weighted by Crippen LogP contribution is 2.19. The molecule has 6 heteroatoms. The first kappa shape index (κ1) is 11.8. The summed E-state index contributed by atoms with van der Waals surface area (Å²) in [6.45, 7) is 3.67. The summed E-state index contributed by atoms with van der Waals surface area (Å²) in [5.41, 5.74) is 1.84. The lowest BCUT2D eigenvalue weighted by Crippen LogP contribution is -2.02. The SMILES string of the molecule is Cc1cc(Br)cc(-n2nc(C(=O)O)nc2C)c1. The zero-order chi connectivity index (χ0) is 12.6. The first-order valence-electron chi connectivity index (χ1n) is 4.92. The number of aromatic carboxylic acids is 1. The molecule has 0 aliphatic carbocycles. The molecule has 2 aromatic rings. The summed E-state index contributed by atoms with van der Waals surface area (Å²) in [5, 5.41) is 12.8. The van der Waals surface area contributed by atoms with E-state index in [1.165, 1.54) is 4.68 Å². The number of rotatable bonds is 2. The molecule has 0 fully saturated rings. The molecule has 17 heavy (non-hydrogen) atoms. The van der Waals surface area contributed by atoms with Gasteiger partial charge in [-0.1, -0.05) is 15.9 Å². The topological polar surface area (TPSA) is 68.0 Å². The molecule has 0 bridgehead atoms. The van der Waals surface area contributed by atoms with Crippen LogP contribution in [0.4, 0.5) is 0 Å². The van der Waals surface area contributed by atoms with Gasteiger partial charge in [-0.15, -0.1) is 5.10 Å². The van der Waals surface area contributed by atoms with Crippen molar-refractivity contribution in [1.29, 1.82) is 0 Å². The molecule has 1 aromatic carbocycles. The number of carbonyl (C=O) groups is 1. The van der Waals surface area contributed by atoms with Crippen LogP contribution in [0.5, 0.6) is 0 Å². The van der Waals surface area contributed by atoms with Crippen LogP contribution >= 0.6 is 15.9 Å². The van der Waals surface area contributed by atoms with Gasteiger partial charge in [0, 0.05) is 4.47 Å². The molecule has 1 heterocycles. The fraction of sp³-hybridized carbons (Fsp3) is 0.182. The summed E-state index contributed by atoms with van der Waals surface area (Å²) in [6, 6.07) is 5.74. The van der Waals surface area contributed by atoms with E-state index >= 15 is 0 Å². The number of carboxylic acid groups (broad SMARTS) is 1. The van der Waals surface area contributed by atoms with Gasteiger partial charge in [-0.05, 0) is 37.6 Å². The molecule has 0 unspecified atom stereocenters. The zero-order valence-corrected chi connectivity index (χ0v) is 10.9. The monoisotopic (exact) mass is 295 g/mol. The Morgan fingerprint density at radius 2 is 2.06 bits per heavy atom. The second-order valence-electron chi connectivity index (χ2n) is 3.69. The van der Waals surface area contributed by atoms with Crippen LogP contribution in [0.15, 0.2) is 22.7 Å². The average Bonchev–Trinajstić information content (AvgIpc) is 2.59. The Morgan fingerprint density at radius 3 is 2.59 bits per heavy atom. The highest BCUT2D eigenvalue weighted by atomic mass is 79.9. The Labute approximate surface area is 106 Å². The lowest BCUT2D eigenvalue weighted by molar-refractivity contribution is 0.0683. The van der Waals surface area contributed by atoms with Gasteiger partial charge < -0.3 is 5.11 Å². The van der Waals surface area contributed by atoms with Crippen LogP contribution < -0.4 is 0 Å². The average molecular weight is 296 g/mol. The second-order valence-corrected chi connectivity index (χ2v) is 4.60. The molecule has 0 atom stereocenters. The maximum Gasteiger partial charge on any atom is 0.375 e. The van der Waals surface area contributed by atoms with Crippen LogP contribution in [0.1, 0.15) is 22.0 Å². The summed E-state index contributed by atoms with van der Waals surface area (Å²) >= 11 is 3.39. The highest BCUT2D eigenvalue weighted by Gasteiger charge is 2.13. The Hall–Kier alpha value is -1.69. The summed E-state index contributed by atoms with van der Waals surface area (Å²) in [6.07, 6.45) is 0. The molecule has 5 nitrogen and oxygen atoms in total. The maximum absolute atomic E-state index is 10.8. The van der Waals surface area contributed by atoms with Crippen molar-refractivity contribution < 1.29 is 9.90 Å². The summed E-state index contributed by atoms with van der Waals surface area (Å²) in [5.74, 6) is -0.779. The zero-order valence-electron chi connectivity index (χ0n) is 9.31. The highest BCUT2D eigenvalue weighted by molar-refractivity contribution is 9.10. The molecule has 2 rings (SSSR count). The van der Waals surface area contributed by atoms with Gasteiger partial charge in [0.2, 0.25) is 0 Å². The molecular formula is C11H10BrN3O2. The van der Waals surface area contributed by atoms with Crippen molar-refractivity contribution in [3.8, 4) is 5.69 Å². The molecule has 0 spiro atoms. The van der Waals surface area contributed by atoms with Crippen molar-refractivity contribution in [3.63, 3.8) is 0 Å². The number of nitrogens with zero attached hydrogens (tertiary/aromatic N) is 3. The fourth-order valence-corrected chi connectivity index (χ4v) is 2.16. The van der Waals surface area contributed by atoms with Gasteiger partial charge in [0.25, 0.3) is 5.82 Å². The van der Waals surface area contributed by atoms with Gasteiger partial charge in [0.15, 0.2) is 0 Å². The van der Waals surface area contributed by atoms with E-state index in [1.807, 2.05) is 25.1 Å². The van der Waals surface area contributed by atoms with E-state index in [2.05, 4.69) is 26.0 Å². The summed E-state index contributed by atoms with van der Waals surface area (Å²) < 4.78 is 2.43. The van der Waals surface area contributed by atoms with E-state index in [0.717, 1.165) is 15.7 Å². The Balaban J connectivity index is 2.56. The smallest absolute Gasteiger partial charge is 0.375 e. The third kappa shape index (κ3) is 2.36. The normalized spacial score (nSPS) is 10.5. The standard InChI is InChI=1S/C11H10BrN3O2/c1-6-3-8(12)5-9(4-6)15-7(2)13-10(14-15)11(16)17/h3-5H,1-2H3,(H,16,17). The van der Waals surface area contributed by atoms with E-state index in [4.69, 9.17) is 5.11 Å². The fourth-order valence-electron chi connectivity index (χ4n) is 1.56. The van der Waals surface area contributed by atoms with Crippen molar-refractivity contribution in [2.45, 2.75) is 13.8 Å². The molecule has 1 aromatic heterocycles. The Morgan fingerprint density at radius 1 is 1.35 bits per heavy atom. The largest absolute Gasteiger partial charge is 0.475 e. The lowest BCUT2D eigenvalue weighted by atomic mass is 10.2. The minimum absolute atomic E-state index is 0.194. The van der Waals surface area contributed by atoms with Gasteiger partial charge >= 0.3 is 5.97 Å². The van der Waals surface area contributed by atoms with E-state index in [1.54, 1.807) is 6.92 Å². The number of benzene rings is 1. The van der Waals surface area contributed by atoms with E-state index in [0.29, 0.717) is 5.82 Å². The van der Waals surface area contributed by atoms with Gasteiger partial charge in [0.1, 0.15) is 5.82 Å². The molecule has 0 aliphatic rings. The molecule has 0 aliphatic heterocycles. The van der Waals surface area contributed by atoms with Gasteiger partial charge in [-0.25, -0.2) is 14.5 Å². The first-order valence-corrected chi connectivity index (χ1v) is 5.71. The van der Waals surface area contributed by atoms with Crippen LogP contribution in [-0.2, 0) is 0 Å². The van der Waals surface area contributed by atoms with E-state index in [-0.39, 0.29) is 5.82 Å². The number of carboxylic acids is 1. The minimum Gasteiger partial charge on any atom is -0.475 e. The number of aryl methyl sites for hydroxylation is 2. The van der Waals surface area contributed by atoms with Gasteiger partial charge in [-0.3, -0.25) is 0 Å². The van der Waals surface area contributed by atoms with Crippen LogP contribution in [0, 0.1) is 13.8 Å². The lowest BCUT2D eigenvalue weighted by Gasteiger charge is -2.04. The van der Waals surface area contributed by atoms with Crippen molar-refractivity contribution in [2.75, 3.05) is 0 Å². The van der Waals surface area contributed by atoms with Crippen molar-refractivity contribution >= 4 is 21.9 Å². The second kappa shape index (κ2) is 4.29. The Kier molecular flexibility index (Phi) is 2.97. The maximum atomic E-state index is 10.8. The first-order chi connectivity index (χ1) is 7.97. The predicted octanol–water partition coefficient (Wildman–Crippen LogP) is 2.34. The van der Waals surface area contributed by atoms with Crippen molar-refractivity contribution in [2.24, 2.45) is 0 Å². The molecule has 0 saturated carbocycles. The van der Waals surface area contributed by atoms with Crippen molar-refractivity contribution in [1.82, 2.24) is 14.8 Å². The summed E-state index contributed by atoms with van der Waals surface area (Å²) in [7, 11) is 0. The molecule has 0 amide bonds. The molecular weight excluding hydrogens is 286 g/mol. The number of hydrogen-bond acceptors (Lipinski definition) is 3. The van der Waals surface area contributed by atoms with Crippen molar-refractivity contribution in [3.05, 3.63) is 39.9 Å². The molecule has 0 saturated heterocycles. The minimum atomic E-state index is -1.13. The van der Waals surface area contributed by atoms with Crippen LogP contribution in [0.3, 0.4) is 0 Å². The van der Waals surface area contributed by atoms with Crippen LogP contribution in [0.25, 0.3) is 5.69 Å². The summed E-state index contributed by atoms with van der Waals surface area (Å²) in [4.78, 5) is 14.7. The third-order valence-corrected chi connectivity index (χ3v) is 2.69. The van der Waals surface area contributed by atoms with Crippen LogP contribution in [-0.4, -0.2) is 25.8 Å². The third-order valence-electron chi connectivity index (χ3n) is 2.23. The number of hydrogen-bond donors (Lipinski definition) is 1. The quantitative estimate of drug-likeness (QED) is 0.923. The number of aromatic nitrogens is 3. The van der Waals surface area contributed by atoms with Crippen LogP contribution in [0.2, 0.25) is 0 Å². The van der Waals surface area contributed by atoms with Gasteiger partial charge in [-0.2, -0.15) is 0 Å². The van der Waals surface area contributed by atoms with Gasteiger partial charge in [0.05, 0.1) is 5.69 Å². The van der Waals surface area contributed by atoms with E-state index in [9.17, 15) is 4.79 Å². The Bertz CT molecular complexity index is 572. The number of halogens is 1. The predicted molar refractivity (Wildman–Crippen MR) is 65.5 cm³/mol. The van der Waals surface area contributed by atoms with E-state index < -0.39 is 5.97 Å².